The molecule has 2 heterocycles. The van der Waals surface area contributed by atoms with Gasteiger partial charge in [-0.1, -0.05) is 97.1 Å². The molecule has 4 heteroatoms. The second-order valence-corrected chi connectivity index (χ2v) is 11.0. The van der Waals surface area contributed by atoms with Gasteiger partial charge in [0, 0.05) is 28.9 Å². The number of aromatic nitrogens is 3. The summed E-state index contributed by atoms with van der Waals surface area (Å²) in [6, 6.07) is 21.5. The second kappa shape index (κ2) is 9.97. The summed E-state index contributed by atoms with van der Waals surface area (Å²) in [5.74, 6) is 3.31. The van der Waals surface area contributed by atoms with E-state index in [0.29, 0.717) is 5.82 Å². The standard InChI is InChI=1S/C37H29N3O/c1-2-10-26(11-3-1)35-38-36(27-20-17-25(18-21-27)29-22-19-24-9-4-5-12-28(24)23-29)40-37(39-35)32-15-8-14-31-30-13-6-7-16-33(30)41-34(31)32/h2,4-6,8-15,17-20,22-23,27H,1,3,7,16,21H2. The van der Waals surface area contributed by atoms with E-state index in [1.54, 1.807) is 0 Å². The van der Waals surface area contributed by atoms with E-state index in [0.717, 1.165) is 71.6 Å². The minimum absolute atomic E-state index is 0.0693. The first kappa shape index (κ1) is 24.0. The van der Waals surface area contributed by atoms with Crippen LogP contribution >= 0.6 is 0 Å². The largest absolute Gasteiger partial charge is 0.460 e. The third-order valence-corrected chi connectivity index (χ3v) is 8.31. The number of hydrogen-bond donors (Lipinski definition) is 0. The van der Waals surface area contributed by atoms with E-state index in [-0.39, 0.29) is 5.92 Å². The topological polar surface area (TPSA) is 51.8 Å². The molecule has 0 spiro atoms. The molecule has 198 valence electrons. The van der Waals surface area contributed by atoms with Gasteiger partial charge in [-0.2, -0.15) is 0 Å². The van der Waals surface area contributed by atoms with Crippen LogP contribution in [0.15, 0.2) is 108 Å². The first-order valence-corrected chi connectivity index (χ1v) is 14.5. The highest BCUT2D eigenvalue weighted by Crippen LogP contribution is 2.37. The van der Waals surface area contributed by atoms with Gasteiger partial charge in [-0.25, -0.2) is 15.0 Å². The van der Waals surface area contributed by atoms with Crippen LogP contribution in [0.3, 0.4) is 0 Å². The number of furan rings is 1. The van der Waals surface area contributed by atoms with Gasteiger partial charge >= 0.3 is 0 Å². The Bertz CT molecular complexity index is 1980. The Morgan fingerprint density at radius 3 is 2.49 bits per heavy atom. The molecule has 5 aromatic rings. The molecule has 2 aromatic heterocycles. The zero-order chi connectivity index (χ0) is 27.2. The molecule has 0 N–H and O–H groups in total. The maximum atomic E-state index is 6.44. The molecule has 0 saturated carbocycles. The van der Waals surface area contributed by atoms with Crippen LogP contribution in [0.5, 0.6) is 0 Å². The van der Waals surface area contributed by atoms with Crippen molar-refractivity contribution in [3.63, 3.8) is 0 Å². The van der Waals surface area contributed by atoms with E-state index in [1.807, 2.05) is 0 Å². The molecule has 0 radical (unpaired) electrons. The minimum atomic E-state index is 0.0693. The lowest BCUT2D eigenvalue weighted by molar-refractivity contribution is 0.547. The van der Waals surface area contributed by atoms with Crippen molar-refractivity contribution in [2.75, 3.05) is 0 Å². The summed E-state index contributed by atoms with van der Waals surface area (Å²) in [7, 11) is 0. The first-order chi connectivity index (χ1) is 20.3. The van der Waals surface area contributed by atoms with E-state index in [1.165, 1.54) is 27.5 Å². The van der Waals surface area contributed by atoms with Crippen LogP contribution in [0.4, 0.5) is 0 Å². The predicted octanol–water partition coefficient (Wildman–Crippen LogP) is 9.26. The van der Waals surface area contributed by atoms with E-state index < -0.39 is 0 Å². The van der Waals surface area contributed by atoms with E-state index in [4.69, 9.17) is 19.4 Å². The zero-order valence-corrected chi connectivity index (χ0v) is 22.8. The highest BCUT2D eigenvalue weighted by molar-refractivity contribution is 5.97. The second-order valence-electron chi connectivity index (χ2n) is 11.0. The fourth-order valence-electron chi connectivity index (χ4n) is 6.13. The number of rotatable bonds is 4. The minimum Gasteiger partial charge on any atom is -0.460 e. The zero-order valence-electron chi connectivity index (χ0n) is 22.8. The van der Waals surface area contributed by atoms with E-state index in [2.05, 4.69) is 109 Å². The van der Waals surface area contributed by atoms with Crippen molar-refractivity contribution in [1.82, 2.24) is 15.0 Å². The average molecular weight is 532 g/mol. The van der Waals surface area contributed by atoms with Crippen molar-refractivity contribution in [1.29, 1.82) is 0 Å². The number of fused-ring (bicyclic) bond motifs is 4. The van der Waals surface area contributed by atoms with Crippen molar-refractivity contribution in [3.8, 4) is 11.4 Å². The summed E-state index contributed by atoms with van der Waals surface area (Å²) in [5, 5.41) is 3.63. The molecule has 3 aliphatic carbocycles. The van der Waals surface area contributed by atoms with Gasteiger partial charge in [0.15, 0.2) is 11.6 Å². The van der Waals surface area contributed by atoms with Gasteiger partial charge in [0.25, 0.3) is 0 Å². The van der Waals surface area contributed by atoms with Crippen LogP contribution in [-0.2, 0) is 6.42 Å². The molecule has 3 aliphatic rings. The summed E-state index contributed by atoms with van der Waals surface area (Å²) >= 11 is 0. The lowest BCUT2D eigenvalue weighted by Gasteiger charge is -2.18. The van der Waals surface area contributed by atoms with Crippen molar-refractivity contribution >= 4 is 39.0 Å². The lowest BCUT2D eigenvalue weighted by atomic mass is 9.91. The molecule has 1 unspecified atom stereocenters. The van der Waals surface area contributed by atoms with Gasteiger partial charge in [0.05, 0.1) is 5.56 Å². The number of nitrogens with zero attached hydrogens (tertiary/aromatic N) is 3. The molecular weight excluding hydrogens is 502 g/mol. The maximum absolute atomic E-state index is 6.44. The molecule has 0 bridgehead atoms. The molecule has 1 atom stereocenters. The quantitative estimate of drug-likeness (QED) is 0.232. The van der Waals surface area contributed by atoms with Crippen molar-refractivity contribution < 1.29 is 4.42 Å². The molecule has 0 saturated heterocycles. The van der Waals surface area contributed by atoms with Crippen LogP contribution in [-0.4, -0.2) is 15.0 Å². The Balaban J connectivity index is 1.19. The van der Waals surface area contributed by atoms with Gasteiger partial charge in [-0.05, 0) is 59.7 Å². The Kier molecular flexibility index (Phi) is 5.84. The summed E-state index contributed by atoms with van der Waals surface area (Å²) in [6.45, 7) is 0. The number of para-hydroxylation sites is 1. The summed E-state index contributed by atoms with van der Waals surface area (Å²) in [6.07, 6.45) is 22.6. The average Bonchev–Trinajstić information content (AvgIpc) is 3.44. The fraction of sp³-hybridized carbons (Fsp3) is 0.162. The van der Waals surface area contributed by atoms with Crippen LogP contribution in [0, 0.1) is 0 Å². The summed E-state index contributed by atoms with van der Waals surface area (Å²) < 4.78 is 6.44. The normalized spacial score (nSPS) is 18.0. The highest BCUT2D eigenvalue weighted by atomic mass is 16.3. The molecule has 4 nitrogen and oxygen atoms in total. The molecule has 0 fully saturated rings. The fourth-order valence-corrected chi connectivity index (χ4v) is 6.13. The first-order valence-electron chi connectivity index (χ1n) is 14.5. The molecule has 8 rings (SSSR count). The molecule has 3 aromatic carbocycles. The molecule has 0 amide bonds. The highest BCUT2D eigenvalue weighted by Gasteiger charge is 2.23. The Morgan fingerprint density at radius 2 is 1.61 bits per heavy atom. The number of benzene rings is 3. The number of aryl methyl sites for hydroxylation is 1. The third-order valence-electron chi connectivity index (χ3n) is 8.31. The van der Waals surface area contributed by atoms with E-state index in [9.17, 15) is 0 Å². The van der Waals surface area contributed by atoms with Crippen LogP contribution in [0.1, 0.15) is 60.1 Å². The van der Waals surface area contributed by atoms with Gasteiger partial charge in [0.2, 0.25) is 0 Å². The van der Waals surface area contributed by atoms with Gasteiger partial charge < -0.3 is 4.42 Å². The predicted molar refractivity (Wildman–Crippen MR) is 167 cm³/mol. The molecule has 0 aliphatic heterocycles. The SMILES string of the molecule is C1=CC(c2nc(-c3cccc4c5c(oc34)CCC=C5)nc(C3C=CC(c4ccc5ccccc5c4)=CC3)n2)=CCC1. The monoisotopic (exact) mass is 531 g/mol. The molecule has 41 heavy (non-hydrogen) atoms. The van der Waals surface area contributed by atoms with Crippen LogP contribution < -0.4 is 0 Å². The third kappa shape index (κ3) is 4.36. The van der Waals surface area contributed by atoms with E-state index >= 15 is 0 Å². The summed E-state index contributed by atoms with van der Waals surface area (Å²) in [5.41, 5.74) is 6.49. The summed E-state index contributed by atoms with van der Waals surface area (Å²) in [4.78, 5) is 15.1. The van der Waals surface area contributed by atoms with Crippen molar-refractivity contribution in [2.45, 2.75) is 38.0 Å². The number of allylic oxidation sites excluding steroid dienone is 9. The van der Waals surface area contributed by atoms with Crippen molar-refractivity contribution in [2.24, 2.45) is 0 Å². The Morgan fingerprint density at radius 1 is 0.707 bits per heavy atom. The van der Waals surface area contributed by atoms with Crippen molar-refractivity contribution in [3.05, 3.63) is 132 Å². The molecular formula is C37H29N3O. The number of hydrogen-bond acceptors (Lipinski definition) is 4. The smallest absolute Gasteiger partial charge is 0.167 e. The van der Waals surface area contributed by atoms with Gasteiger partial charge in [0.1, 0.15) is 17.2 Å². The van der Waals surface area contributed by atoms with Gasteiger partial charge in [-0.15, -0.1) is 0 Å². The Labute approximate surface area is 239 Å². The van der Waals surface area contributed by atoms with Crippen LogP contribution in [0.25, 0.3) is 50.4 Å². The van der Waals surface area contributed by atoms with Gasteiger partial charge in [-0.3, -0.25) is 0 Å². The lowest BCUT2D eigenvalue weighted by Crippen LogP contribution is -2.10. The van der Waals surface area contributed by atoms with Crippen LogP contribution in [0.2, 0.25) is 0 Å². The Hall–Kier alpha value is -4.83. The maximum Gasteiger partial charge on any atom is 0.167 e.